The van der Waals surface area contributed by atoms with E-state index in [4.69, 9.17) is 5.53 Å². The first-order chi connectivity index (χ1) is 12.9. The summed E-state index contributed by atoms with van der Waals surface area (Å²) in [4.78, 5) is 2.88. The maximum Gasteiger partial charge on any atom is 0.112 e. The molecule has 3 nitrogen and oxygen atoms in total. The zero-order chi connectivity index (χ0) is 18.1. The second kappa shape index (κ2) is 9.20. The maximum atomic E-state index is 8.52. The monoisotopic (exact) mass is 360 g/mol. The van der Waals surface area contributed by atoms with Crippen LogP contribution in [0.2, 0.25) is 0 Å². The van der Waals surface area contributed by atoms with Crippen LogP contribution in [0.25, 0.3) is 10.4 Å². The van der Waals surface area contributed by atoms with Gasteiger partial charge in [-0.1, -0.05) is 59.7 Å². The maximum absolute atomic E-state index is 8.52. The number of hydrogen-bond acceptors (Lipinski definition) is 1. The van der Waals surface area contributed by atoms with Crippen molar-refractivity contribution in [1.82, 2.24) is 0 Å². The van der Waals surface area contributed by atoms with Crippen molar-refractivity contribution in [1.29, 1.82) is 0 Å². The summed E-state index contributed by atoms with van der Waals surface area (Å²) in [5, 5.41) is 7.91. The molecule has 0 unspecified atom stereocenters. The van der Waals surface area contributed by atoms with Gasteiger partial charge in [-0.25, -0.2) is 0 Å². The third-order valence-corrected chi connectivity index (χ3v) is 9.18. The molecule has 0 aliphatic rings. The van der Waals surface area contributed by atoms with E-state index in [-0.39, 0.29) is 0 Å². The summed E-state index contributed by atoms with van der Waals surface area (Å²) in [5.74, 6) is 0. The van der Waals surface area contributed by atoms with Crippen molar-refractivity contribution < 1.29 is 0 Å². The number of azide groups is 1. The van der Waals surface area contributed by atoms with Gasteiger partial charge in [0.05, 0.1) is 6.16 Å². The van der Waals surface area contributed by atoms with Crippen LogP contribution in [0.15, 0.2) is 96.1 Å². The summed E-state index contributed by atoms with van der Waals surface area (Å²) in [7, 11) is -1.74. The summed E-state index contributed by atoms with van der Waals surface area (Å²) in [6.45, 7) is 0.564. The number of unbranched alkanes of at least 4 members (excludes halogenated alkanes) is 1. The molecule has 0 aromatic heterocycles. The van der Waals surface area contributed by atoms with E-state index in [1.54, 1.807) is 0 Å². The fourth-order valence-electron chi connectivity index (χ4n) is 3.46. The van der Waals surface area contributed by atoms with Gasteiger partial charge in [-0.15, -0.1) is 0 Å². The summed E-state index contributed by atoms with van der Waals surface area (Å²) >= 11 is 0. The zero-order valence-corrected chi connectivity index (χ0v) is 15.7. The van der Waals surface area contributed by atoms with Gasteiger partial charge in [0.25, 0.3) is 0 Å². The van der Waals surface area contributed by atoms with E-state index < -0.39 is 7.26 Å². The number of rotatable bonds is 8. The van der Waals surface area contributed by atoms with Crippen LogP contribution in [0, 0.1) is 0 Å². The zero-order valence-electron chi connectivity index (χ0n) is 14.8. The number of nitrogens with zero attached hydrogens (tertiary/aromatic N) is 3. The summed E-state index contributed by atoms with van der Waals surface area (Å²) < 4.78 is 0. The fraction of sp³-hybridized carbons (Fsp3) is 0.182. The largest absolute Gasteiger partial charge is 0.112 e. The van der Waals surface area contributed by atoms with Crippen molar-refractivity contribution in [3.8, 4) is 0 Å². The highest BCUT2D eigenvalue weighted by Gasteiger charge is 2.44. The van der Waals surface area contributed by atoms with Crippen molar-refractivity contribution in [3.63, 3.8) is 0 Å². The quantitative estimate of drug-likeness (QED) is 0.177. The van der Waals surface area contributed by atoms with Gasteiger partial charge < -0.3 is 0 Å². The lowest BCUT2D eigenvalue weighted by Crippen LogP contribution is -2.33. The lowest BCUT2D eigenvalue weighted by molar-refractivity contribution is 0.807. The predicted octanol–water partition coefficient (Wildman–Crippen LogP) is 5.07. The molecule has 3 aromatic carbocycles. The van der Waals surface area contributed by atoms with Crippen LogP contribution in [0.5, 0.6) is 0 Å². The topological polar surface area (TPSA) is 48.8 Å². The SMILES string of the molecule is [N-]=[N+]=NCCCC[P+](c1ccccc1)(c1ccccc1)c1ccccc1. The van der Waals surface area contributed by atoms with Crippen molar-refractivity contribution in [2.45, 2.75) is 12.8 Å². The van der Waals surface area contributed by atoms with Gasteiger partial charge >= 0.3 is 0 Å². The third-order valence-electron chi connectivity index (χ3n) is 4.66. The molecule has 0 radical (unpaired) electrons. The van der Waals surface area contributed by atoms with Gasteiger partial charge in [0, 0.05) is 11.5 Å². The third kappa shape index (κ3) is 3.96. The number of hydrogen-bond donors (Lipinski definition) is 0. The molecule has 3 rings (SSSR count). The highest BCUT2D eigenvalue weighted by atomic mass is 31.2. The lowest BCUT2D eigenvalue weighted by Gasteiger charge is -2.27. The van der Waals surface area contributed by atoms with Gasteiger partial charge in [0.1, 0.15) is 23.2 Å². The highest BCUT2D eigenvalue weighted by molar-refractivity contribution is 7.95. The van der Waals surface area contributed by atoms with Gasteiger partial charge in [-0.2, -0.15) is 0 Å². The molecule has 4 heteroatoms. The minimum Gasteiger partial charge on any atom is -0.0940 e. The van der Waals surface area contributed by atoms with E-state index in [1.165, 1.54) is 15.9 Å². The standard InChI is InChI=1S/C22H23N3P/c23-25-24-18-10-11-19-26(20-12-4-1-5-13-20,21-14-6-2-7-15-21)22-16-8-3-9-17-22/h1-9,12-17H,10-11,18-19H2/q+1. The molecular formula is C22H23N3P+. The Balaban J connectivity index is 2.10. The average Bonchev–Trinajstić information content (AvgIpc) is 2.73. The molecule has 130 valence electrons. The molecular weight excluding hydrogens is 337 g/mol. The molecule has 0 atom stereocenters. The minimum atomic E-state index is -1.74. The molecule has 26 heavy (non-hydrogen) atoms. The molecule has 0 heterocycles. The smallest absolute Gasteiger partial charge is 0.0940 e. The van der Waals surface area contributed by atoms with E-state index in [2.05, 4.69) is 101 Å². The van der Waals surface area contributed by atoms with E-state index in [9.17, 15) is 0 Å². The minimum absolute atomic E-state index is 0.564. The molecule has 0 spiro atoms. The van der Waals surface area contributed by atoms with Gasteiger partial charge in [-0.05, 0) is 54.8 Å². The molecule has 0 saturated heterocycles. The molecule has 0 amide bonds. The first-order valence-corrected chi connectivity index (χ1v) is 10.9. The van der Waals surface area contributed by atoms with Crippen molar-refractivity contribution >= 4 is 23.2 Å². The Kier molecular flexibility index (Phi) is 6.44. The Labute approximate surface area is 155 Å². The van der Waals surface area contributed by atoms with Gasteiger partial charge in [-0.3, -0.25) is 0 Å². The van der Waals surface area contributed by atoms with Crippen LogP contribution < -0.4 is 15.9 Å². The normalized spacial score (nSPS) is 10.9. The van der Waals surface area contributed by atoms with Crippen LogP contribution >= 0.6 is 7.26 Å². The van der Waals surface area contributed by atoms with Gasteiger partial charge in [0.2, 0.25) is 0 Å². The Morgan fingerprint density at radius 1 is 0.654 bits per heavy atom. The molecule has 0 fully saturated rings. The van der Waals surface area contributed by atoms with Crippen molar-refractivity contribution in [3.05, 3.63) is 101 Å². The lowest BCUT2D eigenvalue weighted by atomic mass is 10.3. The Morgan fingerprint density at radius 2 is 1.08 bits per heavy atom. The second-order valence-electron chi connectivity index (χ2n) is 6.20. The molecule has 0 aliphatic heterocycles. The fourth-order valence-corrected chi connectivity index (χ4v) is 7.87. The average molecular weight is 360 g/mol. The van der Waals surface area contributed by atoms with Crippen LogP contribution in [0.3, 0.4) is 0 Å². The second-order valence-corrected chi connectivity index (χ2v) is 9.82. The molecule has 0 aliphatic carbocycles. The van der Waals surface area contributed by atoms with E-state index in [0.29, 0.717) is 6.54 Å². The van der Waals surface area contributed by atoms with E-state index in [1.807, 2.05) is 0 Å². The number of benzene rings is 3. The molecule has 3 aromatic rings. The molecule has 0 saturated carbocycles. The van der Waals surface area contributed by atoms with Gasteiger partial charge in [0.15, 0.2) is 0 Å². The van der Waals surface area contributed by atoms with Crippen molar-refractivity contribution in [2.24, 2.45) is 5.11 Å². The first-order valence-electron chi connectivity index (χ1n) is 8.94. The summed E-state index contributed by atoms with van der Waals surface area (Å²) in [6.07, 6.45) is 3.02. The highest BCUT2D eigenvalue weighted by Crippen LogP contribution is 2.55. The van der Waals surface area contributed by atoms with Crippen molar-refractivity contribution in [2.75, 3.05) is 12.7 Å². The Bertz CT molecular complexity index is 748. The molecule has 0 bridgehead atoms. The van der Waals surface area contributed by atoms with Crippen LogP contribution in [0.1, 0.15) is 12.8 Å². The van der Waals surface area contributed by atoms with Crippen LogP contribution in [-0.2, 0) is 0 Å². The Morgan fingerprint density at radius 3 is 1.46 bits per heavy atom. The predicted molar refractivity (Wildman–Crippen MR) is 113 cm³/mol. The molecule has 0 N–H and O–H groups in total. The first kappa shape index (κ1) is 18.2. The van der Waals surface area contributed by atoms with Crippen LogP contribution in [0.4, 0.5) is 0 Å². The Hall–Kier alpha value is -2.60. The van der Waals surface area contributed by atoms with Crippen LogP contribution in [-0.4, -0.2) is 12.7 Å². The summed E-state index contributed by atoms with van der Waals surface area (Å²) in [6, 6.07) is 32.6. The summed E-state index contributed by atoms with van der Waals surface area (Å²) in [5.41, 5.74) is 8.52. The van der Waals surface area contributed by atoms with E-state index >= 15 is 0 Å². The van der Waals surface area contributed by atoms with E-state index in [0.717, 1.165) is 19.0 Å².